The van der Waals surface area contributed by atoms with Gasteiger partial charge in [0.2, 0.25) is 5.78 Å². The molecule has 0 amide bonds. The number of ether oxygens (including phenoxy) is 1. The van der Waals surface area contributed by atoms with Crippen LogP contribution in [-0.2, 0) is 4.74 Å². The summed E-state index contributed by atoms with van der Waals surface area (Å²) in [7, 11) is 1.40. The Kier molecular flexibility index (Phi) is 3.90. The fraction of sp³-hybridized carbons (Fsp3) is 0.222. The molecule has 0 saturated heterocycles. The van der Waals surface area contributed by atoms with E-state index in [-0.39, 0.29) is 5.78 Å². The molecule has 0 saturated carbocycles. The molecule has 1 rings (SSSR count). The number of rotatable bonds is 3. The molecule has 1 atom stereocenters. The monoisotopic (exact) mass is 262 g/mol. The summed E-state index contributed by atoms with van der Waals surface area (Å²) >= 11 is 8.88. The minimum atomic E-state index is -0.908. The van der Waals surface area contributed by atoms with Crippen LogP contribution in [-0.4, -0.2) is 18.5 Å². The zero-order valence-electron chi connectivity index (χ0n) is 6.96. The molecule has 0 aliphatic rings. The third-order valence-corrected chi connectivity index (χ3v) is 2.39. The van der Waals surface area contributed by atoms with E-state index in [0.717, 1.165) is 4.47 Å². The first-order valence-electron chi connectivity index (χ1n) is 3.62. The Bertz CT molecular complexity index is 314. The van der Waals surface area contributed by atoms with Gasteiger partial charge in [-0.1, -0.05) is 39.7 Å². The lowest BCUT2D eigenvalue weighted by Gasteiger charge is -2.05. The molecule has 0 N–H and O–H groups in total. The predicted molar refractivity (Wildman–Crippen MR) is 55.1 cm³/mol. The second kappa shape index (κ2) is 4.74. The lowest BCUT2D eigenvalue weighted by atomic mass is 10.1. The summed E-state index contributed by atoms with van der Waals surface area (Å²) in [6.07, 6.45) is 0. The SMILES string of the molecule is COC(Cl)C(=O)c1cccc(Br)c1. The molecule has 13 heavy (non-hydrogen) atoms. The molecule has 0 aliphatic carbocycles. The van der Waals surface area contributed by atoms with Gasteiger partial charge in [0.1, 0.15) is 0 Å². The van der Waals surface area contributed by atoms with E-state index in [2.05, 4.69) is 15.9 Å². The van der Waals surface area contributed by atoms with Crippen LogP contribution in [0.25, 0.3) is 0 Å². The van der Waals surface area contributed by atoms with E-state index in [1.165, 1.54) is 7.11 Å². The highest BCUT2D eigenvalue weighted by molar-refractivity contribution is 9.10. The zero-order valence-corrected chi connectivity index (χ0v) is 9.30. The molecule has 1 aromatic rings. The maximum Gasteiger partial charge on any atom is 0.206 e. The summed E-state index contributed by atoms with van der Waals surface area (Å²) in [5, 5.41) is 0. The molecule has 0 aliphatic heterocycles. The Morgan fingerprint density at radius 3 is 2.85 bits per heavy atom. The average molecular weight is 264 g/mol. The summed E-state index contributed by atoms with van der Waals surface area (Å²) in [6.45, 7) is 0. The molecule has 0 aromatic heterocycles. The van der Waals surface area contributed by atoms with Crippen LogP contribution in [0, 0.1) is 0 Å². The molecular formula is C9H8BrClO2. The zero-order chi connectivity index (χ0) is 9.84. The van der Waals surface area contributed by atoms with Crippen LogP contribution in [0.5, 0.6) is 0 Å². The maximum absolute atomic E-state index is 11.5. The summed E-state index contributed by atoms with van der Waals surface area (Å²) in [4.78, 5) is 11.5. The van der Waals surface area contributed by atoms with Crippen LogP contribution < -0.4 is 0 Å². The van der Waals surface area contributed by atoms with Crippen molar-refractivity contribution in [2.75, 3.05) is 7.11 Å². The summed E-state index contributed by atoms with van der Waals surface area (Å²) in [5.41, 5.74) is -0.370. The molecule has 0 spiro atoms. The van der Waals surface area contributed by atoms with Gasteiger partial charge in [0.15, 0.2) is 5.56 Å². The number of benzene rings is 1. The smallest absolute Gasteiger partial charge is 0.206 e. The van der Waals surface area contributed by atoms with E-state index in [0.29, 0.717) is 5.56 Å². The van der Waals surface area contributed by atoms with E-state index in [4.69, 9.17) is 16.3 Å². The largest absolute Gasteiger partial charge is 0.358 e. The Labute approximate surface area is 90.0 Å². The first-order chi connectivity index (χ1) is 6.15. The highest BCUT2D eigenvalue weighted by Gasteiger charge is 2.15. The van der Waals surface area contributed by atoms with Gasteiger partial charge in [0.25, 0.3) is 0 Å². The third kappa shape index (κ3) is 2.79. The van der Waals surface area contributed by atoms with Crippen molar-refractivity contribution in [1.82, 2.24) is 0 Å². The molecule has 2 nitrogen and oxygen atoms in total. The third-order valence-electron chi connectivity index (χ3n) is 1.52. The molecule has 0 fully saturated rings. The average Bonchev–Trinajstić information content (AvgIpc) is 2.15. The molecule has 70 valence electrons. The number of alkyl halides is 1. The lowest BCUT2D eigenvalue weighted by molar-refractivity contribution is 0.0782. The van der Waals surface area contributed by atoms with Gasteiger partial charge in [-0.2, -0.15) is 0 Å². The first kappa shape index (κ1) is 10.7. The van der Waals surface area contributed by atoms with Crippen molar-refractivity contribution in [3.05, 3.63) is 34.3 Å². The van der Waals surface area contributed by atoms with Gasteiger partial charge in [0, 0.05) is 17.1 Å². The van der Waals surface area contributed by atoms with Crippen molar-refractivity contribution in [3.63, 3.8) is 0 Å². The highest BCUT2D eigenvalue weighted by Crippen LogP contribution is 2.15. The maximum atomic E-state index is 11.5. The molecule has 1 aromatic carbocycles. The van der Waals surface area contributed by atoms with Crippen LogP contribution >= 0.6 is 27.5 Å². The fourth-order valence-electron chi connectivity index (χ4n) is 0.880. The fourth-order valence-corrected chi connectivity index (χ4v) is 1.41. The second-order valence-electron chi connectivity index (χ2n) is 2.43. The summed E-state index contributed by atoms with van der Waals surface area (Å²) in [6, 6.07) is 7.02. The van der Waals surface area contributed by atoms with Gasteiger partial charge in [-0.3, -0.25) is 4.79 Å². The number of ketones is 1. The topological polar surface area (TPSA) is 26.3 Å². The molecule has 0 bridgehead atoms. The standard InChI is InChI=1S/C9H8BrClO2/c1-13-9(11)8(12)6-3-2-4-7(10)5-6/h2-5,9H,1H3. The number of Topliss-reactive ketones (excluding diaryl/α,β-unsaturated/α-hetero) is 1. The number of methoxy groups -OCH3 is 1. The van der Waals surface area contributed by atoms with Crippen molar-refractivity contribution in [3.8, 4) is 0 Å². The van der Waals surface area contributed by atoms with E-state index in [9.17, 15) is 4.79 Å². The number of carbonyl (C=O) groups is 1. The Balaban J connectivity index is 2.89. The summed E-state index contributed by atoms with van der Waals surface area (Å²) in [5.74, 6) is -0.231. The quantitative estimate of drug-likeness (QED) is 0.619. The number of halogens is 2. The van der Waals surface area contributed by atoms with Gasteiger partial charge in [0.05, 0.1) is 0 Å². The minimum Gasteiger partial charge on any atom is -0.358 e. The predicted octanol–water partition coefficient (Wildman–Crippen LogP) is 2.84. The van der Waals surface area contributed by atoms with Gasteiger partial charge >= 0.3 is 0 Å². The van der Waals surface area contributed by atoms with Crippen molar-refractivity contribution >= 4 is 33.3 Å². The normalized spacial score (nSPS) is 12.5. The van der Waals surface area contributed by atoms with Gasteiger partial charge in [-0.15, -0.1) is 0 Å². The van der Waals surface area contributed by atoms with E-state index in [1.54, 1.807) is 18.2 Å². The van der Waals surface area contributed by atoms with E-state index in [1.807, 2.05) is 6.07 Å². The minimum absolute atomic E-state index is 0.231. The first-order valence-corrected chi connectivity index (χ1v) is 4.84. The van der Waals surface area contributed by atoms with Crippen molar-refractivity contribution in [1.29, 1.82) is 0 Å². The van der Waals surface area contributed by atoms with E-state index >= 15 is 0 Å². The van der Waals surface area contributed by atoms with Crippen LogP contribution in [0.2, 0.25) is 0 Å². The van der Waals surface area contributed by atoms with Crippen LogP contribution in [0.3, 0.4) is 0 Å². The second-order valence-corrected chi connectivity index (χ2v) is 3.74. The number of hydrogen-bond acceptors (Lipinski definition) is 2. The van der Waals surface area contributed by atoms with Crippen molar-refractivity contribution in [2.24, 2.45) is 0 Å². The van der Waals surface area contributed by atoms with Crippen molar-refractivity contribution in [2.45, 2.75) is 5.56 Å². The molecule has 1 unspecified atom stereocenters. The van der Waals surface area contributed by atoms with Gasteiger partial charge in [-0.25, -0.2) is 0 Å². The summed E-state index contributed by atoms with van der Waals surface area (Å²) < 4.78 is 5.55. The van der Waals surface area contributed by atoms with Gasteiger partial charge < -0.3 is 4.74 Å². The van der Waals surface area contributed by atoms with E-state index < -0.39 is 5.56 Å². The van der Waals surface area contributed by atoms with Crippen LogP contribution in [0.4, 0.5) is 0 Å². The van der Waals surface area contributed by atoms with Crippen molar-refractivity contribution < 1.29 is 9.53 Å². The molecule has 4 heteroatoms. The molecule has 0 radical (unpaired) electrons. The Morgan fingerprint density at radius 2 is 2.31 bits per heavy atom. The lowest BCUT2D eigenvalue weighted by Crippen LogP contribution is -2.16. The number of carbonyl (C=O) groups excluding carboxylic acids is 1. The molecule has 0 heterocycles. The Morgan fingerprint density at radius 1 is 1.62 bits per heavy atom. The number of hydrogen-bond donors (Lipinski definition) is 0. The van der Waals surface area contributed by atoms with Crippen LogP contribution in [0.1, 0.15) is 10.4 Å². The van der Waals surface area contributed by atoms with Crippen LogP contribution in [0.15, 0.2) is 28.7 Å². The van der Waals surface area contributed by atoms with Gasteiger partial charge in [-0.05, 0) is 12.1 Å². The highest BCUT2D eigenvalue weighted by atomic mass is 79.9. The molecular weight excluding hydrogens is 255 g/mol. The Hall–Kier alpha value is -0.380.